The maximum Gasteiger partial charge on any atom is 0.250 e. The van der Waals surface area contributed by atoms with E-state index >= 15 is 0 Å². The van der Waals surface area contributed by atoms with Crippen LogP contribution in [0.3, 0.4) is 0 Å². The van der Waals surface area contributed by atoms with Crippen LogP contribution in [-0.2, 0) is 0 Å². The third-order valence-electron chi connectivity index (χ3n) is 2.20. The largest absolute Gasteiger partial charge is 0.366 e. The highest BCUT2D eigenvalue weighted by Crippen LogP contribution is 2.21. The fraction of sp³-hybridized carbons (Fsp3) is 0. The van der Waals surface area contributed by atoms with Gasteiger partial charge in [0, 0.05) is 0 Å². The summed E-state index contributed by atoms with van der Waals surface area (Å²) < 4.78 is 0. The van der Waals surface area contributed by atoms with E-state index < -0.39 is 5.91 Å². The van der Waals surface area contributed by atoms with E-state index in [0.717, 1.165) is 5.69 Å². The lowest BCUT2D eigenvalue weighted by atomic mass is 10.2. The SMILES string of the molecule is NC(=O)c1ccccc1N=Nc1ccccc1. The lowest BCUT2D eigenvalue weighted by Crippen LogP contribution is -2.10. The van der Waals surface area contributed by atoms with E-state index in [9.17, 15) is 4.79 Å². The number of azo groups is 1. The molecule has 2 aromatic carbocycles. The van der Waals surface area contributed by atoms with Crippen molar-refractivity contribution in [2.45, 2.75) is 0 Å². The topological polar surface area (TPSA) is 67.8 Å². The molecule has 4 heteroatoms. The molecule has 1 amide bonds. The first-order valence-electron chi connectivity index (χ1n) is 5.13. The van der Waals surface area contributed by atoms with E-state index in [1.54, 1.807) is 24.3 Å². The summed E-state index contributed by atoms with van der Waals surface area (Å²) >= 11 is 0. The Morgan fingerprint density at radius 3 is 2.24 bits per heavy atom. The van der Waals surface area contributed by atoms with Crippen molar-refractivity contribution in [1.29, 1.82) is 0 Å². The minimum atomic E-state index is -0.507. The van der Waals surface area contributed by atoms with Gasteiger partial charge >= 0.3 is 0 Å². The Kier molecular flexibility index (Phi) is 3.25. The van der Waals surface area contributed by atoms with Gasteiger partial charge in [-0.05, 0) is 24.3 Å². The molecule has 0 saturated heterocycles. The Balaban J connectivity index is 2.30. The number of rotatable bonds is 3. The van der Waals surface area contributed by atoms with Crippen molar-refractivity contribution in [2.24, 2.45) is 16.0 Å². The zero-order valence-electron chi connectivity index (χ0n) is 9.08. The van der Waals surface area contributed by atoms with Crippen LogP contribution in [0.25, 0.3) is 0 Å². The maximum absolute atomic E-state index is 11.2. The molecule has 2 N–H and O–H groups in total. The third-order valence-corrected chi connectivity index (χ3v) is 2.20. The van der Waals surface area contributed by atoms with Crippen molar-refractivity contribution in [3.05, 3.63) is 60.2 Å². The van der Waals surface area contributed by atoms with Crippen molar-refractivity contribution in [1.82, 2.24) is 0 Å². The van der Waals surface area contributed by atoms with E-state index in [1.165, 1.54) is 0 Å². The monoisotopic (exact) mass is 225 g/mol. The van der Waals surface area contributed by atoms with E-state index in [2.05, 4.69) is 10.2 Å². The highest BCUT2D eigenvalue weighted by molar-refractivity contribution is 5.97. The van der Waals surface area contributed by atoms with E-state index in [-0.39, 0.29) is 0 Å². The molecule has 0 saturated carbocycles. The van der Waals surface area contributed by atoms with Gasteiger partial charge in [-0.2, -0.15) is 5.11 Å². The van der Waals surface area contributed by atoms with Gasteiger partial charge in [-0.25, -0.2) is 0 Å². The second kappa shape index (κ2) is 5.03. The van der Waals surface area contributed by atoms with Crippen LogP contribution in [-0.4, -0.2) is 5.91 Å². The zero-order chi connectivity index (χ0) is 12.1. The number of benzene rings is 2. The third kappa shape index (κ3) is 2.75. The van der Waals surface area contributed by atoms with E-state index in [4.69, 9.17) is 5.73 Å². The van der Waals surface area contributed by atoms with Gasteiger partial charge in [0.2, 0.25) is 0 Å². The summed E-state index contributed by atoms with van der Waals surface area (Å²) in [6.45, 7) is 0. The number of nitrogens with zero attached hydrogens (tertiary/aromatic N) is 2. The fourth-order valence-electron chi connectivity index (χ4n) is 1.38. The molecule has 0 aliphatic rings. The van der Waals surface area contributed by atoms with Crippen LogP contribution >= 0.6 is 0 Å². The predicted octanol–water partition coefficient (Wildman–Crippen LogP) is 3.20. The molecular formula is C13H11N3O. The van der Waals surface area contributed by atoms with Crippen LogP contribution in [0.2, 0.25) is 0 Å². The lowest BCUT2D eigenvalue weighted by Gasteiger charge is -1.99. The Hall–Kier alpha value is -2.49. The molecule has 0 aromatic heterocycles. The first-order valence-corrected chi connectivity index (χ1v) is 5.13. The van der Waals surface area contributed by atoms with Crippen LogP contribution in [0.15, 0.2) is 64.8 Å². The Bertz CT molecular complexity index is 550. The molecule has 0 unspecified atom stereocenters. The van der Waals surface area contributed by atoms with Crippen LogP contribution in [0.4, 0.5) is 11.4 Å². The van der Waals surface area contributed by atoms with Gasteiger partial charge < -0.3 is 5.73 Å². The Labute approximate surface area is 98.8 Å². The number of carbonyl (C=O) groups is 1. The predicted molar refractivity (Wildman–Crippen MR) is 65.6 cm³/mol. The smallest absolute Gasteiger partial charge is 0.250 e. The van der Waals surface area contributed by atoms with Gasteiger partial charge in [0.1, 0.15) is 0 Å². The Morgan fingerprint density at radius 1 is 0.882 bits per heavy atom. The highest BCUT2D eigenvalue weighted by Gasteiger charge is 2.05. The minimum Gasteiger partial charge on any atom is -0.366 e. The van der Waals surface area contributed by atoms with Gasteiger partial charge in [0.05, 0.1) is 16.9 Å². The van der Waals surface area contributed by atoms with Crippen molar-refractivity contribution < 1.29 is 4.79 Å². The first kappa shape index (κ1) is 11.0. The molecule has 0 aliphatic heterocycles. The van der Waals surface area contributed by atoms with Crippen molar-refractivity contribution in [2.75, 3.05) is 0 Å². The molecular weight excluding hydrogens is 214 g/mol. The highest BCUT2D eigenvalue weighted by atomic mass is 16.1. The summed E-state index contributed by atoms with van der Waals surface area (Å²) in [5.74, 6) is -0.507. The number of primary amides is 1. The van der Waals surface area contributed by atoms with Crippen molar-refractivity contribution in [3.8, 4) is 0 Å². The molecule has 84 valence electrons. The standard InChI is InChI=1S/C13H11N3O/c14-13(17)11-8-4-5-9-12(11)16-15-10-6-2-1-3-7-10/h1-9H,(H2,14,17). The summed E-state index contributed by atoms with van der Waals surface area (Å²) in [4.78, 5) is 11.2. The molecule has 0 aliphatic carbocycles. The lowest BCUT2D eigenvalue weighted by molar-refractivity contribution is 0.100. The van der Waals surface area contributed by atoms with Crippen LogP contribution in [0.1, 0.15) is 10.4 Å². The molecule has 0 radical (unpaired) electrons. The summed E-state index contributed by atoms with van der Waals surface area (Å²) in [7, 11) is 0. The Morgan fingerprint density at radius 2 is 1.53 bits per heavy atom. The quantitative estimate of drug-likeness (QED) is 0.800. The van der Waals surface area contributed by atoms with Gasteiger partial charge in [0.25, 0.3) is 5.91 Å². The van der Waals surface area contributed by atoms with Gasteiger partial charge in [-0.3, -0.25) is 4.79 Å². The average molecular weight is 225 g/mol. The molecule has 2 rings (SSSR count). The normalized spacial score (nSPS) is 10.6. The number of hydrogen-bond acceptors (Lipinski definition) is 3. The average Bonchev–Trinajstić information content (AvgIpc) is 2.38. The van der Waals surface area contributed by atoms with Crippen molar-refractivity contribution in [3.63, 3.8) is 0 Å². The minimum absolute atomic E-state index is 0.368. The molecule has 0 spiro atoms. The van der Waals surface area contributed by atoms with Gasteiger partial charge in [-0.15, -0.1) is 5.11 Å². The summed E-state index contributed by atoms with van der Waals surface area (Å²) in [5, 5.41) is 8.06. The molecule has 0 fully saturated rings. The molecule has 4 nitrogen and oxygen atoms in total. The van der Waals surface area contributed by atoms with Gasteiger partial charge in [0.15, 0.2) is 0 Å². The first-order chi connectivity index (χ1) is 8.27. The summed E-state index contributed by atoms with van der Waals surface area (Å²) in [5.41, 5.74) is 6.81. The van der Waals surface area contributed by atoms with Gasteiger partial charge in [-0.1, -0.05) is 30.3 Å². The van der Waals surface area contributed by atoms with Crippen LogP contribution in [0, 0.1) is 0 Å². The second-order valence-electron chi connectivity index (χ2n) is 3.42. The number of carbonyl (C=O) groups excluding carboxylic acids is 1. The molecule has 0 heterocycles. The molecule has 2 aromatic rings. The van der Waals surface area contributed by atoms with Crippen LogP contribution in [0.5, 0.6) is 0 Å². The number of hydrogen-bond donors (Lipinski definition) is 1. The second-order valence-corrected chi connectivity index (χ2v) is 3.42. The fourth-order valence-corrected chi connectivity index (χ4v) is 1.38. The molecule has 17 heavy (non-hydrogen) atoms. The van der Waals surface area contributed by atoms with E-state index in [1.807, 2.05) is 30.3 Å². The number of nitrogens with two attached hydrogens (primary N) is 1. The van der Waals surface area contributed by atoms with Crippen LogP contribution < -0.4 is 5.73 Å². The van der Waals surface area contributed by atoms with Crippen molar-refractivity contribution >= 4 is 17.3 Å². The summed E-state index contributed by atoms with van der Waals surface area (Å²) in [6, 6.07) is 16.1. The maximum atomic E-state index is 11.2. The zero-order valence-corrected chi connectivity index (χ0v) is 9.08. The summed E-state index contributed by atoms with van der Waals surface area (Å²) in [6.07, 6.45) is 0. The number of amides is 1. The van der Waals surface area contributed by atoms with E-state index in [0.29, 0.717) is 11.3 Å². The molecule has 0 bridgehead atoms. The molecule has 0 atom stereocenters.